The van der Waals surface area contributed by atoms with Gasteiger partial charge in [0, 0.05) is 55.6 Å². The minimum Gasteiger partial charge on any atom is -0.508 e. The standard InChI is InChI=1S/C79H115N13O16.CH4/c1-46(2)30-33-55-34-37-65(97)60(43-56-44-81-59-29-23-22-28-58(56)59)86-71(102)62(42-54-31-35-57(96)36-32-54)87-69(100)50(7)84-76(107)78(10,92-74(105)63(41-53-26-20-19-21-27-53)88-75(106)66(51(8)94)90-72(103)61(40-47(3)4)85-52(9)95)38-24-17-15-13-12-14-16-18-25-39-79(11,91-70(55)101)77(108)89-64(45-93)73(104)83-49(6)68(99)82-48(5)67(80)98;/h14,16,19-23,26-29,31-32,35-36,44,46-51,55,60-64,66,81,93-94,96H,12-13,15,17-18,24-25,30,33-34,37-43,45H2,1-11H3,(H2,80,98)(H,82,99)(H,83,104)(H,84,107)(H,85,95)(H,86,102)(H,87,100)(H,88,106)(H,89,108)(H,90,103)(H,91,101)(H,92,105);1H4/b16-14+;/t48?,49-,50?,51+,55+,60-,61-,62-,63-,64?,66-,78+,79-;/m0./s1. The number of fused-ring (bicyclic) bond motifs is 1. The van der Waals surface area contributed by atoms with Crippen LogP contribution >= 0.6 is 0 Å². The number of rotatable bonds is 27. The number of aromatic amines is 1. The van der Waals surface area contributed by atoms with E-state index in [4.69, 9.17) is 5.73 Å². The highest BCUT2D eigenvalue weighted by Crippen LogP contribution is 2.26. The lowest BCUT2D eigenvalue weighted by Crippen LogP contribution is -2.64. The van der Waals surface area contributed by atoms with E-state index in [2.05, 4.69) is 63.5 Å². The number of nitrogens with two attached hydrogens (primary N) is 1. The molecular weight excluding hydrogens is 1400 g/mol. The molecule has 5 rings (SSSR count). The number of amides is 12. The van der Waals surface area contributed by atoms with Crippen molar-refractivity contribution in [3.63, 3.8) is 0 Å². The fourth-order valence-corrected chi connectivity index (χ4v) is 12.6. The largest absolute Gasteiger partial charge is 0.508 e. The summed E-state index contributed by atoms with van der Waals surface area (Å²) in [5.41, 5.74) is 4.19. The minimum absolute atomic E-state index is 0. The summed E-state index contributed by atoms with van der Waals surface area (Å²) < 4.78 is 0. The molecular formula is C80H119N13O16. The normalized spacial score (nSPS) is 22.0. The summed E-state index contributed by atoms with van der Waals surface area (Å²) in [6.07, 6.45) is 7.88. The summed E-state index contributed by atoms with van der Waals surface area (Å²) in [6, 6.07) is 9.62. The number of primary amides is 1. The Bertz CT molecular complexity index is 3750. The van der Waals surface area contributed by atoms with Crippen molar-refractivity contribution < 1.29 is 77.6 Å². The molecule has 1 aromatic heterocycles. The predicted octanol–water partition coefficient (Wildman–Crippen LogP) is 4.12. The van der Waals surface area contributed by atoms with Gasteiger partial charge in [-0.05, 0) is 146 Å². The number of allylic oxidation sites excluding steroid dienone is 2. The van der Waals surface area contributed by atoms with Gasteiger partial charge in [0.15, 0.2) is 5.78 Å². The fourth-order valence-electron chi connectivity index (χ4n) is 12.6. The number of carbonyl (C=O) groups is 13. The van der Waals surface area contributed by atoms with E-state index in [0.29, 0.717) is 68.1 Å². The number of benzene rings is 3. The molecule has 17 N–H and O–H groups in total. The molecule has 0 saturated carbocycles. The third-order valence-corrected chi connectivity index (χ3v) is 19.3. The molecule has 0 bridgehead atoms. The van der Waals surface area contributed by atoms with Gasteiger partial charge in [0.2, 0.25) is 70.9 Å². The molecule has 12 amide bonds. The molecule has 600 valence electrons. The van der Waals surface area contributed by atoms with E-state index in [0.717, 1.165) is 10.9 Å². The second-order valence-corrected chi connectivity index (χ2v) is 29.8. The van der Waals surface area contributed by atoms with Crippen LogP contribution in [0.3, 0.4) is 0 Å². The Morgan fingerprint density at radius 1 is 0.615 bits per heavy atom. The van der Waals surface area contributed by atoms with E-state index < -0.39 is 161 Å². The lowest BCUT2D eigenvalue weighted by molar-refractivity contribution is -0.138. The summed E-state index contributed by atoms with van der Waals surface area (Å²) in [5.74, 6) is -11.0. The third kappa shape index (κ3) is 29.8. The highest BCUT2D eigenvalue weighted by atomic mass is 16.3. The number of hydrogen-bond acceptors (Lipinski definition) is 16. The van der Waals surface area contributed by atoms with Crippen LogP contribution in [0.2, 0.25) is 0 Å². The van der Waals surface area contributed by atoms with Crippen molar-refractivity contribution in [3.05, 3.63) is 114 Å². The number of H-pyrrole nitrogens is 1. The maximum absolute atomic E-state index is 15.2. The van der Waals surface area contributed by atoms with Crippen LogP contribution in [0.25, 0.3) is 10.9 Å². The lowest BCUT2D eigenvalue weighted by Gasteiger charge is -2.33. The Hall–Kier alpha value is -10.0. The molecule has 1 aliphatic heterocycles. The number of hydrogen-bond donors (Lipinski definition) is 16. The van der Waals surface area contributed by atoms with Gasteiger partial charge in [0.25, 0.3) is 0 Å². The maximum atomic E-state index is 15.2. The van der Waals surface area contributed by atoms with Crippen molar-refractivity contribution in [1.29, 1.82) is 0 Å². The highest BCUT2D eigenvalue weighted by Gasteiger charge is 2.42. The summed E-state index contributed by atoms with van der Waals surface area (Å²) in [7, 11) is 0. The molecule has 0 fully saturated rings. The number of Topliss-reactive ketones (excluding diaryl/α,β-unsaturated/α-hetero) is 1. The molecule has 3 unspecified atom stereocenters. The number of ketones is 1. The van der Waals surface area contributed by atoms with Crippen molar-refractivity contribution in [3.8, 4) is 5.75 Å². The van der Waals surface area contributed by atoms with Crippen molar-refractivity contribution in [2.24, 2.45) is 23.5 Å². The second-order valence-electron chi connectivity index (χ2n) is 29.8. The van der Waals surface area contributed by atoms with E-state index >= 15 is 19.2 Å². The van der Waals surface area contributed by atoms with Gasteiger partial charge in [0.1, 0.15) is 65.2 Å². The van der Waals surface area contributed by atoms with Gasteiger partial charge < -0.3 is 84.5 Å². The van der Waals surface area contributed by atoms with E-state index in [1.54, 1.807) is 48.7 Å². The molecule has 4 aromatic rings. The smallest absolute Gasteiger partial charge is 0.246 e. The van der Waals surface area contributed by atoms with Gasteiger partial charge in [-0.25, -0.2) is 0 Å². The molecule has 1 aliphatic rings. The van der Waals surface area contributed by atoms with Crippen molar-refractivity contribution in [2.45, 2.75) is 264 Å². The van der Waals surface area contributed by atoms with Crippen LogP contribution in [0.15, 0.2) is 97.2 Å². The maximum Gasteiger partial charge on any atom is 0.246 e. The van der Waals surface area contributed by atoms with Gasteiger partial charge in [-0.3, -0.25) is 62.3 Å². The number of phenolic OH excluding ortho intramolecular Hbond substituents is 1. The lowest BCUT2D eigenvalue weighted by atomic mass is 9.87. The molecule has 29 heteroatoms. The Kier molecular flexibility index (Phi) is 37.3. The van der Waals surface area contributed by atoms with Crippen LogP contribution < -0.4 is 64.2 Å². The van der Waals surface area contributed by atoms with Crippen LogP contribution in [-0.2, 0) is 81.6 Å². The summed E-state index contributed by atoms with van der Waals surface area (Å²) in [5, 5.41) is 62.0. The number of aromatic nitrogens is 1. The van der Waals surface area contributed by atoms with Crippen LogP contribution in [0.4, 0.5) is 0 Å². The Morgan fingerprint density at radius 2 is 1.24 bits per heavy atom. The first-order chi connectivity index (χ1) is 51.0. The zero-order valence-electron chi connectivity index (χ0n) is 64.2. The quantitative estimate of drug-likeness (QED) is 0.0373. The number of aliphatic hydroxyl groups is 2. The Labute approximate surface area is 640 Å². The monoisotopic (exact) mass is 1520 g/mol. The summed E-state index contributed by atoms with van der Waals surface area (Å²) in [4.78, 5) is 186. The first kappa shape index (κ1) is 91.4. The number of aliphatic hydroxyl groups excluding tert-OH is 2. The third-order valence-electron chi connectivity index (χ3n) is 19.3. The van der Waals surface area contributed by atoms with Gasteiger partial charge in [-0.2, -0.15) is 0 Å². The zero-order chi connectivity index (χ0) is 80.0. The molecule has 13 atom stereocenters. The number of phenols is 1. The Balaban J connectivity index is 0.0000251. The molecule has 109 heavy (non-hydrogen) atoms. The molecule has 0 saturated heterocycles. The SMILES string of the molecule is C.CC(=O)N[C@@H](CC(C)C)C(=O)N[C@H](C(=O)N[C@@H](Cc1ccccc1)C(=O)N[C@]1(C)CCCCCC/C=C/CCC[C@@](C)(C(=O)NC(CO)C(=O)N[C@@H](C)C(=O)NC(C)C(N)=O)NC(=O)[C@H](CCC(C)C)CCC(=O)[C@H](Cc2c[nH]c3ccccc23)NC(=O)[C@H](Cc2ccc(O)cc2)NC(=O)C(C)NC1=O)[C@@H](C)O. The van der Waals surface area contributed by atoms with Crippen molar-refractivity contribution in [1.82, 2.24) is 63.5 Å². The van der Waals surface area contributed by atoms with Crippen LogP contribution in [0.1, 0.15) is 190 Å². The first-order valence-electron chi connectivity index (χ1n) is 37.5. The molecule has 2 heterocycles. The van der Waals surface area contributed by atoms with Gasteiger partial charge in [0.05, 0.1) is 18.8 Å². The van der Waals surface area contributed by atoms with E-state index in [9.17, 15) is 58.5 Å². The van der Waals surface area contributed by atoms with Crippen LogP contribution in [0.5, 0.6) is 5.75 Å². The highest BCUT2D eigenvalue weighted by molar-refractivity contribution is 6.01. The molecule has 3 aromatic carbocycles. The predicted molar refractivity (Wildman–Crippen MR) is 414 cm³/mol. The van der Waals surface area contributed by atoms with E-state index in [-0.39, 0.29) is 82.8 Å². The van der Waals surface area contributed by atoms with Gasteiger partial charge >= 0.3 is 0 Å². The Morgan fingerprint density at radius 3 is 1.87 bits per heavy atom. The average molecular weight is 1520 g/mol. The number of para-hydroxylation sites is 1. The van der Waals surface area contributed by atoms with Crippen molar-refractivity contribution in [2.75, 3.05) is 6.61 Å². The molecule has 0 aliphatic carbocycles. The minimum atomic E-state index is -1.82. The van der Waals surface area contributed by atoms with Crippen LogP contribution in [0, 0.1) is 17.8 Å². The van der Waals surface area contributed by atoms with E-state index in [1.807, 2.05) is 64.1 Å². The number of carbonyl (C=O) groups excluding carboxylic acids is 13. The number of aromatic hydroxyl groups is 1. The average Bonchev–Trinajstić information content (AvgIpc) is 1.78. The van der Waals surface area contributed by atoms with Crippen molar-refractivity contribution >= 4 is 87.6 Å². The summed E-state index contributed by atoms with van der Waals surface area (Å²) >= 11 is 0. The first-order valence-corrected chi connectivity index (χ1v) is 37.5. The molecule has 0 radical (unpaired) electrons. The number of nitrogens with one attached hydrogen (secondary N) is 12. The second kappa shape index (κ2) is 44.4. The van der Waals surface area contributed by atoms with Gasteiger partial charge in [-0.15, -0.1) is 0 Å². The van der Waals surface area contributed by atoms with E-state index in [1.165, 1.54) is 60.6 Å². The molecule has 0 spiro atoms. The topological polar surface area (TPSA) is 457 Å². The summed E-state index contributed by atoms with van der Waals surface area (Å²) in [6.45, 7) is 16.2. The molecule has 29 nitrogen and oxygen atoms in total. The fraction of sp³-hybridized carbons (Fsp3) is 0.562. The zero-order valence-corrected chi connectivity index (χ0v) is 64.2. The van der Waals surface area contributed by atoms with Crippen LogP contribution in [-0.4, -0.2) is 175 Å². The van der Waals surface area contributed by atoms with Gasteiger partial charge in [-0.1, -0.05) is 134 Å².